The number of pyridine rings is 1. The molecule has 2 bridgehead atoms. The Balaban J connectivity index is 1.30. The number of hydrogen-bond donors (Lipinski definition) is 2. The van der Waals surface area contributed by atoms with Gasteiger partial charge in [0.25, 0.3) is 5.56 Å². The molecule has 8 nitrogen and oxygen atoms in total. The molecule has 2 aliphatic heterocycles. The van der Waals surface area contributed by atoms with E-state index in [-0.39, 0.29) is 29.3 Å². The maximum atomic E-state index is 13.4. The standard InChI is InChI=1S/C29H32N4O4/c1-2-37-24-13-11-23(12-14-24)30-28(35)25(16-20-7-4-3-5-8-20)31-29(36)32-17-21-15-22(19-32)26-9-6-10-27(34)33(26)18-21/h3-14,21-22,25H,2,15-19H2,1H3,(H,30,35)(H,31,36)/t21-,22+,25-/m0/s1. The molecule has 3 aromatic rings. The van der Waals surface area contributed by atoms with Crippen molar-refractivity contribution < 1.29 is 14.3 Å². The van der Waals surface area contributed by atoms with Gasteiger partial charge in [0.15, 0.2) is 0 Å². The van der Waals surface area contributed by atoms with Crippen LogP contribution >= 0.6 is 0 Å². The average Bonchev–Trinajstić information content (AvgIpc) is 2.90. The number of benzene rings is 2. The van der Waals surface area contributed by atoms with E-state index in [1.165, 1.54) is 0 Å². The van der Waals surface area contributed by atoms with Crippen molar-refractivity contribution in [2.75, 3.05) is 25.0 Å². The molecule has 2 aromatic carbocycles. The first kappa shape index (κ1) is 24.6. The van der Waals surface area contributed by atoms with Crippen LogP contribution in [0, 0.1) is 5.92 Å². The highest BCUT2D eigenvalue weighted by molar-refractivity contribution is 5.97. The maximum absolute atomic E-state index is 13.4. The Morgan fingerprint density at radius 1 is 0.973 bits per heavy atom. The van der Waals surface area contributed by atoms with Gasteiger partial charge in [-0.2, -0.15) is 0 Å². The van der Waals surface area contributed by atoms with Crippen LogP contribution in [0.4, 0.5) is 10.5 Å². The number of carbonyl (C=O) groups is 2. The monoisotopic (exact) mass is 500 g/mol. The van der Waals surface area contributed by atoms with Crippen molar-refractivity contribution in [2.45, 2.75) is 38.3 Å². The van der Waals surface area contributed by atoms with Crippen LogP contribution in [0.3, 0.4) is 0 Å². The van der Waals surface area contributed by atoms with Crippen molar-refractivity contribution in [1.29, 1.82) is 0 Å². The molecule has 0 aliphatic carbocycles. The summed E-state index contributed by atoms with van der Waals surface area (Å²) in [4.78, 5) is 40.9. The van der Waals surface area contributed by atoms with Gasteiger partial charge in [0.1, 0.15) is 11.8 Å². The molecule has 0 unspecified atom stereocenters. The molecule has 37 heavy (non-hydrogen) atoms. The molecule has 0 radical (unpaired) electrons. The number of aromatic nitrogens is 1. The summed E-state index contributed by atoms with van der Waals surface area (Å²) >= 11 is 0. The third-order valence-corrected chi connectivity index (χ3v) is 7.10. The fraction of sp³-hybridized carbons (Fsp3) is 0.345. The summed E-state index contributed by atoms with van der Waals surface area (Å²) in [5.41, 5.74) is 2.59. The lowest BCUT2D eigenvalue weighted by molar-refractivity contribution is -0.118. The molecule has 0 saturated carbocycles. The van der Waals surface area contributed by atoms with Crippen molar-refractivity contribution in [1.82, 2.24) is 14.8 Å². The third kappa shape index (κ3) is 5.69. The first-order chi connectivity index (χ1) is 18.0. The van der Waals surface area contributed by atoms with E-state index < -0.39 is 6.04 Å². The minimum Gasteiger partial charge on any atom is -0.494 e. The predicted molar refractivity (Wildman–Crippen MR) is 142 cm³/mol. The Morgan fingerprint density at radius 2 is 1.76 bits per heavy atom. The van der Waals surface area contributed by atoms with E-state index in [4.69, 9.17) is 4.74 Å². The predicted octanol–water partition coefficient (Wildman–Crippen LogP) is 3.63. The van der Waals surface area contributed by atoms with Crippen LogP contribution in [-0.2, 0) is 17.8 Å². The molecule has 192 valence electrons. The van der Waals surface area contributed by atoms with Crippen LogP contribution in [0.1, 0.15) is 30.5 Å². The van der Waals surface area contributed by atoms with Gasteiger partial charge in [0.05, 0.1) is 6.61 Å². The van der Waals surface area contributed by atoms with Crippen molar-refractivity contribution in [3.8, 4) is 5.75 Å². The first-order valence-electron chi connectivity index (χ1n) is 12.8. The molecule has 1 saturated heterocycles. The summed E-state index contributed by atoms with van der Waals surface area (Å²) < 4.78 is 7.32. The summed E-state index contributed by atoms with van der Waals surface area (Å²) in [6.45, 7) is 4.17. The number of amides is 3. The number of nitrogens with one attached hydrogen (secondary N) is 2. The molecular weight excluding hydrogens is 468 g/mol. The topological polar surface area (TPSA) is 92.7 Å². The molecule has 3 heterocycles. The summed E-state index contributed by atoms with van der Waals surface area (Å²) in [5, 5.41) is 5.93. The molecular formula is C29H32N4O4. The molecule has 5 rings (SSSR count). The second kappa shape index (κ2) is 10.9. The highest BCUT2D eigenvalue weighted by atomic mass is 16.5. The van der Waals surface area contributed by atoms with E-state index in [9.17, 15) is 14.4 Å². The second-order valence-corrected chi connectivity index (χ2v) is 9.74. The Hall–Kier alpha value is -4.07. The van der Waals surface area contributed by atoms with Gasteiger partial charge in [0.2, 0.25) is 5.91 Å². The summed E-state index contributed by atoms with van der Waals surface area (Å²) in [6.07, 6.45) is 1.33. The van der Waals surface area contributed by atoms with Gasteiger partial charge >= 0.3 is 6.03 Å². The zero-order valence-electron chi connectivity index (χ0n) is 20.9. The number of ether oxygens (including phenoxy) is 1. The third-order valence-electron chi connectivity index (χ3n) is 7.10. The SMILES string of the molecule is CCOc1ccc(NC(=O)[C@H](Cc2ccccc2)NC(=O)N2C[C@@H]3C[C@H](C2)c2cccc(=O)n2C3)cc1. The largest absolute Gasteiger partial charge is 0.494 e. The van der Waals surface area contributed by atoms with E-state index in [0.717, 1.165) is 23.4 Å². The van der Waals surface area contributed by atoms with Crippen LogP contribution in [0.5, 0.6) is 5.75 Å². The minimum absolute atomic E-state index is 0.0130. The molecule has 3 atom stereocenters. The smallest absolute Gasteiger partial charge is 0.318 e. The summed E-state index contributed by atoms with van der Waals surface area (Å²) in [5.74, 6) is 0.768. The lowest BCUT2D eigenvalue weighted by Crippen LogP contribution is -2.55. The Kier molecular flexibility index (Phi) is 7.25. The van der Waals surface area contributed by atoms with E-state index in [1.807, 2.05) is 47.9 Å². The number of fused-ring (bicyclic) bond motifs is 4. The minimum atomic E-state index is -0.752. The van der Waals surface area contributed by atoms with Gasteiger partial charge in [-0.05, 0) is 55.2 Å². The van der Waals surface area contributed by atoms with Crippen molar-refractivity contribution >= 4 is 17.6 Å². The van der Waals surface area contributed by atoms with Gasteiger partial charge in [-0.3, -0.25) is 9.59 Å². The van der Waals surface area contributed by atoms with Gasteiger partial charge in [0, 0.05) is 49.4 Å². The zero-order valence-corrected chi connectivity index (χ0v) is 20.9. The van der Waals surface area contributed by atoms with E-state index in [2.05, 4.69) is 10.6 Å². The summed E-state index contributed by atoms with van der Waals surface area (Å²) in [7, 11) is 0. The van der Waals surface area contributed by atoms with Gasteiger partial charge in [-0.25, -0.2) is 4.79 Å². The lowest BCUT2D eigenvalue weighted by Gasteiger charge is -2.43. The van der Waals surface area contributed by atoms with Gasteiger partial charge in [-0.1, -0.05) is 36.4 Å². The molecule has 0 spiro atoms. The zero-order chi connectivity index (χ0) is 25.8. The number of piperidine rings is 1. The van der Waals surface area contributed by atoms with E-state index in [0.29, 0.717) is 38.3 Å². The number of anilines is 1. The molecule has 2 N–H and O–H groups in total. The maximum Gasteiger partial charge on any atom is 0.318 e. The molecule has 1 aromatic heterocycles. The van der Waals surface area contributed by atoms with Gasteiger partial charge in [-0.15, -0.1) is 0 Å². The van der Waals surface area contributed by atoms with E-state index >= 15 is 0 Å². The van der Waals surface area contributed by atoms with Crippen LogP contribution in [0.15, 0.2) is 77.6 Å². The average molecular weight is 501 g/mol. The molecule has 1 fully saturated rings. The number of rotatable bonds is 7. The molecule has 3 amide bonds. The van der Waals surface area contributed by atoms with Gasteiger partial charge < -0.3 is 24.8 Å². The molecule has 8 heteroatoms. The van der Waals surface area contributed by atoms with Crippen molar-refractivity contribution in [2.24, 2.45) is 5.92 Å². The highest BCUT2D eigenvalue weighted by Crippen LogP contribution is 2.35. The Labute approximate surface area is 216 Å². The lowest BCUT2D eigenvalue weighted by atomic mass is 9.83. The van der Waals surface area contributed by atoms with Crippen LogP contribution in [-0.4, -0.2) is 47.1 Å². The van der Waals surface area contributed by atoms with Crippen LogP contribution < -0.4 is 20.9 Å². The fourth-order valence-electron chi connectivity index (χ4n) is 5.39. The quantitative estimate of drug-likeness (QED) is 0.518. The normalized spacial score (nSPS) is 18.9. The van der Waals surface area contributed by atoms with Crippen LogP contribution in [0.2, 0.25) is 0 Å². The van der Waals surface area contributed by atoms with Crippen LogP contribution in [0.25, 0.3) is 0 Å². The van der Waals surface area contributed by atoms with Crippen molar-refractivity contribution in [3.63, 3.8) is 0 Å². The Morgan fingerprint density at radius 3 is 2.51 bits per heavy atom. The fourth-order valence-corrected chi connectivity index (χ4v) is 5.39. The van der Waals surface area contributed by atoms with E-state index in [1.54, 1.807) is 41.3 Å². The Bertz CT molecular complexity index is 1310. The van der Waals surface area contributed by atoms with Crippen molar-refractivity contribution in [3.05, 3.63) is 94.4 Å². The number of urea groups is 1. The number of carbonyl (C=O) groups excluding carboxylic acids is 2. The second-order valence-electron chi connectivity index (χ2n) is 9.74. The first-order valence-corrected chi connectivity index (χ1v) is 12.8. The number of nitrogens with zero attached hydrogens (tertiary/aromatic N) is 2. The summed E-state index contributed by atoms with van der Waals surface area (Å²) in [6, 6.07) is 21.2. The highest BCUT2D eigenvalue weighted by Gasteiger charge is 2.37. The molecule has 2 aliphatic rings. The number of likely N-dealkylation sites (tertiary alicyclic amines) is 1. The number of hydrogen-bond acceptors (Lipinski definition) is 4.